The number of halogens is 1. The lowest BCUT2D eigenvalue weighted by molar-refractivity contribution is -0.144. The third-order valence-corrected chi connectivity index (χ3v) is 8.76. The Morgan fingerprint density at radius 1 is 1.11 bits per heavy atom. The smallest absolute Gasteiger partial charge is 0.323 e. The van der Waals surface area contributed by atoms with Crippen LogP contribution in [-0.2, 0) is 20.6 Å². The summed E-state index contributed by atoms with van der Waals surface area (Å²) in [4.78, 5) is 43.9. The van der Waals surface area contributed by atoms with Gasteiger partial charge in [-0.15, -0.1) is 0 Å². The van der Waals surface area contributed by atoms with Gasteiger partial charge in [0, 0.05) is 25.2 Å². The van der Waals surface area contributed by atoms with Crippen molar-refractivity contribution in [3.8, 4) is 17.2 Å². The SMILES string of the molecule is CCOC(=O)C(C)NP(=O)(CCOc1c(C(=O)N(C)Cc2ccc(F)cc2)c(C=O)c(O)c2ncccc12)Oc1ccccc1. The van der Waals surface area contributed by atoms with E-state index in [0.717, 1.165) is 0 Å². The highest BCUT2D eigenvalue weighted by molar-refractivity contribution is 7.57. The Bertz CT molecular complexity index is 1720. The fourth-order valence-corrected chi connectivity index (χ4v) is 6.32. The number of benzene rings is 3. The van der Waals surface area contributed by atoms with Gasteiger partial charge < -0.3 is 24.0 Å². The third kappa shape index (κ3) is 8.03. The molecule has 0 aliphatic carbocycles. The second-order valence-electron chi connectivity index (χ2n) is 10.0. The first-order chi connectivity index (χ1) is 21.6. The molecule has 1 heterocycles. The number of fused-ring (bicyclic) bond motifs is 1. The summed E-state index contributed by atoms with van der Waals surface area (Å²) in [5.74, 6) is -2.02. The molecule has 0 spiro atoms. The summed E-state index contributed by atoms with van der Waals surface area (Å²) in [6.07, 6.45) is 1.47. The molecule has 13 heteroatoms. The standard InChI is InChI=1S/C32H33FN3O8P/c1-4-42-32(40)21(2)35-45(41,44-24-9-6-5-7-10-24)18-17-43-30-25-11-8-16-34-28(25)29(38)26(20-37)27(30)31(39)36(3)19-22-12-14-23(33)15-13-22/h5-16,20-21,38H,4,17-19H2,1-3H3,(H,35,41). The Morgan fingerprint density at radius 3 is 2.49 bits per heavy atom. The van der Waals surface area contributed by atoms with Crippen molar-refractivity contribution >= 4 is 36.6 Å². The number of amides is 1. The number of carbonyl (C=O) groups excluding carboxylic acids is 3. The first-order valence-electron chi connectivity index (χ1n) is 14.1. The number of aromatic hydroxyl groups is 1. The fraction of sp³-hybridized carbons (Fsp3) is 0.250. The maximum atomic E-state index is 14.1. The van der Waals surface area contributed by atoms with E-state index in [9.17, 15) is 28.4 Å². The molecule has 0 fully saturated rings. The van der Waals surface area contributed by atoms with Gasteiger partial charge in [0.2, 0.25) is 0 Å². The van der Waals surface area contributed by atoms with Crippen molar-refractivity contribution in [3.05, 3.63) is 95.4 Å². The minimum absolute atomic E-state index is 0.0186. The molecule has 0 saturated heterocycles. The highest BCUT2D eigenvalue weighted by Crippen LogP contribution is 2.44. The van der Waals surface area contributed by atoms with Crippen molar-refractivity contribution in [2.24, 2.45) is 0 Å². The molecule has 1 aromatic heterocycles. The zero-order chi connectivity index (χ0) is 32.6. The molecular formula is C32H33FN3O8P. The van der Waals surface area contributed by atoms with E-state index < -0.39 is 37.0 Å². The molecule has 45 heavy (non-hydrogen) atoms. The van der Waals surface area contributed by atoms with Crippen LogP contribution < -0.4 is 14.3 Å². The molecule has 2 unspecified atom stereocenters. The van der Waals surface area contributed by atoms with E-state index in [1.54, 1.807) is 49.4 Å². The molecule has 0 aliphatic rings. The number of hydrogen-bond acceptors (Lipinski definition) is 9. The molecular weight excluding hydrogens is 604 g/mol. The van der Waals surface area contributed by atoms with Gasteiger partial charge in [0.25, 0.3) is 5.91 Å². The average Bonchev–Trinajstić information content (AvgIpc) is 3.03. The van der Waals surface area contributed by atoms with E-state index in [2.05, 4.69) is 10.1 Å². The summed E-state index contributed by atoms with van der Waals surface area (Å²) in [6, 6.07) is 16.1. The Labute approximate surface area is 259 Å². The number of hydrogen-bond donors (Lipinski definition) is 2. The van der Waals surface area contributed by atoms with Gasteiger partial charge in [0.05, 0.1) is 30.5 Å². The van der Waals surface area contributed by atoms with E-state index in [-0.39, 0.29) is 59.4 Å². The van der Waals surface area contributed by atoms with Crippen LogP contribution in [0.25, 0.3) is 10.9 Å². The van der Waals surface area contributed by atoms with Gasteiger partial charge in [0.1, 0.15) is 28.9 Å². The highest BCUT2D eigenvalue weighted by Gasteiger charge is 2.32. The Morgan fingerprint density at radius 2 is 1.82 bits per heavy atom. The quantitative estimate of drug-likeness (QED) is 0.105. The zero-order valence-electron chi connectivity index (χ0n) is 24.9. The van der Waals surface area contributed by atoms with E-state index in [1.165, 1.54) is 49.3 Å². The van der Waals surface area contributed by atoms with Crippen molar-refractivity contribution in [1.29, 1.82) is 0 Å². The Balaban J connectivity index is 1.69. The second-order valence-corrected chi connectivity index (χ2v) is 12.3. The van der Waals surface area contributed by atoms with Crippen molar-refractivity contribution in [2.45, 2.75) is 26.4 Å². The molecule has 0 aliphatic heterocycles. The Kier molecular flexibility index (Phi) is 10.9. The number of phenols is 1. The number of esters is 1. The van der Waals surface area contributed by atoms with Gasteiger partial charge in [-0.3, -0.25) is 23.9 Å². The molecule has 0 saturated carbocycles. The fourth-order valence-electron chi connectivity index (χ4n) is 4.55. The van der Waals surface area contributed by atoms with Crippen LogP contribution >= 0.6 is 7.52 Å². The van der Waals surface area contributed by atoms with E-state index in [1.807, 2.05) is 0 Å². The normalized spacial score (nSPS) is 13.0. The van der Waals surface area contributed by atoms with Crippen LogP contribution in [0.15, 0.2) is 72.9 Å². The Hall–Kier alpha value is -4.80. The molecule has 2 N–H and O–H groups in total. The third-order valence-electron chi connectivity index (χ3n) is 6.70. The lowest BCUT2D eigenvalue weighted by Gasteiger charge is -2.25. The van der Waals surface area contributed by atoms with E-state index in [0.29, 0.717) is 11.8 Å². The molecule has 2 atom stereocenters. The first-order valence-corrected chi connectivity index (χ1v) is 15.9. The predicted molar refractivity (Wildman–Crippen MR) is 165 cm³/mol. The summed E-state index contributed by atoms with van der Waals surface area (Å²) >= 11 is 0. The van der Waals surface area contributed by atoms with Crippen molar-refractivity contribution in [1.82, 2.24) is 15.0 Å². The molecule has 0 radical (unpaired) electrons. The number of nitrogens with zero attached hydrogens (tertiary/aromatic N) is 2. The maximum absolute atomic E-state index is 14.1. The summed E-state index contributed by atoms with van der Waals surface area (Å²) in [6.45, 7) is 3.02. The first kappa shape index (κ1) is 33.1. The molecule has 4 aromatic rings. The minimum atomic E-state index is -3.84. The van der Waals surface area contributed by atoms with Crippen molar-refractivity contribution in [3.63, 3.8) is 0 Å². The second kappa shape index (κ2) is 14.8. The number of para-hydroxylation sites is 1. The summed E-state index contributed by atoms with van der Waals surface area (Å²) in [7, 11) is -2.36. The molecule has 11 nitrogen and oxygen atoms in total. The average molecular weight is 638 g/mol. The van der Waals surface area contributed by atoms with Crippen LogP contribution in [0.1, 0.15) is 40.1 Å². The molecule has 236 valence electrons. The summed E-state index contributed by atoms with van der Waals surface area (Å²) in [5, 5.41) is 13.9. The highest BCUT2D eigenvalue weighted by atomic mass is 31.2. The lowest BCUT2D eigenvalue weighted by atomic mass is 10.00. The molecule has 4 rings (SSSR count). The van der Waals surface area contributed by atoms with Gasteiger partial charge in [-0.2, -0.15) is 0 Å². The van der Waals surface area contributed by atoms with Crippen LogP contribution in [0.2, 0.25) is 0 Å². The van der Waals surface area contributed by atoms with E-state index >= 15 is 0 Å². The van der Waals surface area contributed by atoms with Gasteiger partial charge in [-0.05, 0) is 55.8 Å². The molecule has 1 amide bonds. The maximum Gasteiger partial charge on any atom is 0.323 e. The lowest BCUT2D eigenvalue weighted by Crippen LogP contribution is -2.36. The number of aromatic nitrogens is 1. The number of phenolic OH excluding ortho intramolecular Hbond substituents is 1. The number of carbonyl (C=O) groups is 3. The van der Waals surface area contributed by atoms with E-state index in [4.69, 9.17) is 14.0 Å². The molecule has 0 bridgehead atoms. The number of nitrogens with one attached hydrogen (secondary N) is 1. The molecule has 3 aromatic carbocycles. The van der Waals surface area contributed by atoms with Gasteiger partial charge >= 0.3 is 13.5 Å². The summed E-state index contributed by atoms with van der Waals surface area (Å²) < 4.78 is 44.4. The van der Waals surface area contributed by atoms with Crippen LogP contribution in [0.3, 0.4) is 0 Å². The van der Waals surface area contributed by atoms with Crippen LogP contribution in [-0.4, -0.2) is 65.6 Å². The number of pyridine rings is 1. The van der Waals surface area contributed by atoms with Crippen molar-refractivity contribution in [2.75, 3.05) is 26.4 Å². The minimum Gasteiger partial charge on any atom is -0.505 e. The number of aldehydes is 1. The van der Waals surface area contributed by atoms with Gasteiger partial charge in [-0.25, -0.2) is 9.48 Å². The van der Waals surface area contributed by atoms with Crippen LogP contribution in [0, 0.1) is 5.82 Å². The number of rotatable bonds is 14. The monoisotopic (exact) mass is 637 g/mol. The largest absolute Gasteiger partial charge is 0.505 e. The van der Waals surface area contributed by atoms with Gasteiger partial charge in [0.15, 0.2) is 12.0 Å². The van der Waals surface area contributed by atoms with Gasteiger partial charge in [-0.1, -0.05) is 30.3 Å². The topological polar surface area (TPSA) is 144 Å². The van der Waals surface area contributed by atoms with Crippen LogP contribution in [0.5, 0.6) is 17.2 Å². The van der Waals surface area contributed by atoms with Crippen LogP contribution in [0.4, 0.5) is 4.39 Å². The predicted octanol–water partition coefficient (Wildman–Crippen LogP) is 5.36. The number of ether oxygens (including phenoxy) is 2. The van der Waals surface area contributed by atoms with Crippen molar-refractivity contribution < 1.29 is 42.4 Å². The zero-order valence-corrected chi connectivity index (χ0v) is 25.8. The summed E-state index contributed by atoms with van der Waals surface area (Å²) in [5.41, 5.74) is 0.0594.